The lowest BCUT2D eigenvalue weighted by molar-refractivity contribution is -0.122. The highest BCUT2D eigenvalue weighted by atomic mass is 19.1. The number of halogens is 1. The molecule has 2 N–H and O–H groups in total. The third-order valence-electron chi connectivity index (χ3n) is 3.67. The van der Waals surface area contributed by atoms with E-state index in [1.807, 2.05) is 0 Å². The van der Waals surface area contributed by atoms with Crippen LogP contribution in [0, 0.1) is 5.82 Å². The number of benzene rings is 2. The zero-order valence-electron chi connectivity index (χ0n) is 14.4. The van der Waals surface area contributed by atoms with Gasteiger partial charge < -0.3 is 19.8 Å². The van der Waals surface area contributed by atoms with E-state index >= 15 is 0 Å². The van der Waals surface area contributed by atoms with Gasteiger partial charge in [-0.15, -0.1) is 0 Å². The van der Waals surface area contributed by atoms with Crippen LogP contribution >= 0.6 is 0 Å². The summed E-state index contributed by atoms with van der Waals surface area (Å²) in [6.45, 7) is 1.56. The van der Waals surface area contributed by atoms with Gasteiger partial charge in [0.05, 0.1) is 12.0 Å². The number of hydrogen-bond donors (Lipinski definition) is 2. The Morgan fingerprint density at radius 3 is 2.41 bits per heavy atom. The Hall–Kier alpha value is -3.61. The van der Waals surface area contributed by atoms with Crippen LogP contribution in [0.5, 0.6) is 5.75 Å². The van der Waals surface area contributed by atoms with Gasteiger partial charge in [0.15, 0.2) is 11.9 Å². The maximum atomic E-state index is 13.6. The summed E-state index contributed by atoms with van der Waals surface area (Å²) in [4.78, 5) is 24.1. The zero-order valence-corrected chi connectivity index (χ0v) is 14.4. The fourth-order valence-electron chi connectivity index (χ4n) is 2.27. The number of carbonyl (C=O) groups is 2. The number of furan rings is 1. The van der Waals surface area contributed by atoms with Gasteiger partial charge in [0.25, 0.3) is 11.8 Å². The molecule has 6 nitrogen and oxygen atoms in total. The number of anilines is 2. The molecular formula is C20H17FN2O4. The zero-order chi connectivity index (χ0) is 19.2. The molecule has 0 saturated heterocycles. The molecule has 1 atom stereocenters. The summed E-state index contributed by atoms with van der Waals surface area (Å²) < 4.78 is 24.2. The Morgan fingerprint density at radius 2 is 1.74 bits per heavy atom. The minimum Gasteiger partial charge on any atom is -0.481 e. The summed E-state index contributed by atoms with van der Waals surface area (Å²) >= 11 is 0. The number of hydrogen-bond acceptors (Lipinski definition) is 4. The Balaban J connectivity index is 1.56. The van der Waals surface area contributed by atoms with Crippen molar-refractivity contribution in [2.45, 2.75) is 13.0 Å². The first kappa shape index (κ1) is 18.2. The second-order valence-corrected chi connectivity index (χ2v) is 5.68. The lowest BCUT2D eigenvalue weighted by atomic mass is 10.2. The number of ether oxygens (including phenoxy) is 1. The quantitative estimate of drug-likeness (QED) is 0.687. The Bertz CT molecular complexity index is 923. The first-order valence-electron chi connectivity index (χ1n) is 8.20. The Morgan fingerprint density at radius 1 is 1.00 bits per heavy atom. The summed E-state index contributed by atoms with van der Waals surface area (Å²) in [6, 6.07) is 15.6. The maximum absolute atomic E-state index is 13.6. The van der Waals surface area contributed by atoms with Crippen molar-refractivity contribution < 1.29 is 23.1 Å². The fraction of sp³-hybridized carbons (Fsp3) is 0.100. The van der Waals surface area contributed by atoms with Gasteiger partial charge in [-0.3, -0.25) is 9.59 Å². The smallest absolute Gasteiger partial charge is 0.291 e. The van der Waals surface area contributed by atoms with Gasteiger partial charge in [-0.05, 0) is 55.5 Å². The highest BCUT2D eigenvalue weighted by Crippen LogP contribution is 2.19. The number of para-hydroxylation sites is 1. The van der Waals surface area contributed by atoms with Crippen LogP contribution in [0.3, 0.4) is 0 Å². The monoisotopic (exact) mass is 368 g/mol. The summed E-state index contributed by atoms with van der Waals surface area (Å²) in [5.74, 6) is -0.729. The second-order valence-electron chi connectivity index (χ2n) is 5.68. The standard InChI is InChI=1S/C20H17FN2O4/c1-13(19(24)23-17-6-3-2-5-16(17)21)27-15-10-8-14(9-11-15)22-20(25)18-7-4-12-26-18/h2-13H,1H3,(H,22,25)(H,23,24). The minimum absolute atomic E-state index is 0.0916. The van der Waals surface area contributed by atoms with Crippen molar-refractivity contribution >= 4 is 23.2 Å². The molecular weight excluding hydrogens is 351 g/mol. The largest absolute Gasteiger partial charge is 0.481 e. The van der Waals surface area contributed by atoms with Crippen LogP contribution in [0.1, 0.15) is 17.5 Å². The molecule has 0 bridgehead atoms. The fourth-order valence-corrected chi connectivity index (χ4v) is 2.27. The van der Waals surface area contributed by atoms with E-state index in [-0.39, 0.29) is 17.4 Å². The molecule has 7 heteroatoms. The van der Waals surface area contributed by atoms with Gasteiger partial charge in [-0.25, -0.2) is 4.39 Å². The Kier molecular flexibility index (Phi) is 5.51. The van der Waals surface area contributed by atoms with Crippen LogP contribution in [0.4, 0.5) is 15.8 Å². The maximum Gasteiger partial charge on any atom is 0.291 e. The van der Waals surface area contributed by atoms with Gasteiger partial charge in [-0.2, -0.15) is 0 Å². The number of carbonyl (C=O) groups excluding carboxylic acids is 2. The van der Waals surface area contributed by atoms with Crippen LogP contribution in [0.2, 0.25) is 0 Å². The van der Waals surface area contributed by atoms with Crippen molar-refractivity contribution in [3.05, 3.63) is 78.5 Å². The highest BCUT2D eigenvalue weighted by molar-refractivity contribution is 6.02. The molecule has 1 unspecified atom stereocenters. The molecule has 0 aliphatic carbocycles. The van der Waals surface area contributed by atoms with Crippen molar-refractivity contribution in [1.82, 2.24) is 0 Å². The third-order valence-corrected chi connectivity index (χ3v) is 3.67. The molecule has 3 aromatic rings. The van der Waals surface area contributed by atoms with E-state index in [4.69, 9.17) is 9.15 Å². The predicted molar refractivity (Wildman–Crippen MR) is 98.2 cm³/mol. The van der Waals surface area contributed by atoms with E-state index in [0.29, 0.717) is 11.4 Å². The molecule has 2 amide bonds. The van der Waals surface area contributed by atoms with Crippen LogP contribution in [0.15, 0.2) is 71.3 Å². The molecule has 1 aromatic heterocycles. The van der Waals surface area contributed by atoms with Crippen LogP contribution in [-0.2, 0) is 4.79 Å². The summed E-state index contributed by atoms with van der Waals surface area (Å²) in [6.07, 6.45) is 0.577. The minimum atomic E-state index is -0.840. The molecule has 0 spiro atoms. The second kappa shape index (κ2) is 8.18. The van der Waals surface area contributed by atoms with Crippen molar-refractivity contribution in [1.29, 1.82) is 0 Å². The predicted octanol–water partition coefficient (Wildman–Crippen LogP) is 4.08. The molecule has 2 aromatic carbocycles. The van der Waals surface area contributed by atoms with Gasteiger partial charge >= 0.3 is 0 Å². The average Bonchev–Trinajstić information content (AvgIpc) is 3.20. The molecule has 0 aliphatic heterocycles. The first-order valence-corrected chi connectivity index (χ1v) is 8.20. The topological polar surface area (TPSA) is 80.6 Å². The number of rotatable bonds is 6. The van der Waals surface area contributed by atoms with E-state index in [1.165, 1.54) is 24.5 Å². The normalized spacial score (nSPS) is 11.5. The van der Waals surface area contributed by atoms with Crippen molar-refractivity contribution in [3.63, 3.8) is 0 Å². The van der Waals surface area contributed by atoms with Crippen LogP contribution < -0.4 is 15.4 Å². The van der Waals surface area contributed by atoms with E-state index in [0.717, 1.165) is 0 Å². The summed E-state index contributed by atoms with van der Waals surface area (Å²) in [5, 5.41) is 5.15. The Labute approximate surface area is 155 Å². The highest BCUT2D eigenvalue weighted by Gasteiger charge is 2.16. The van der Waals surface area contributed by atoms with Gasteiger partial charge in [0.1, 0.15) is 11.6 Å². The van der Waals surface area contributed by atoms with E-state index in [9.17, 15) is 14.0 Å². The van der Waals surface area contributed by atoms with Crippen LogP contribution in [0.25, 0.3) is 0 Å². The lowest BCUT2D eigenvalue weighted by Crippen LogP contribution is -2.30. The van der Waals surface area contributed by atoms with Gasteiger partial charge in [0, 0.05) is 5.69 Å². The molecule has 0 fully saturated rings. The molecule has 3 rings (SSSR count). The van der Waals surface area contributed by atoms with Crippen molar-refractivity contribution in [2.24, 2.45) is 0 Å². The SMILES string of the molecule is CC(Oc1ccc(NC(=O)c2ccco2)cc1)C(=O)Nc1ccccc1F. The number of nitrogens with one attached hydrogen (secondary N) is 2. The average molecular weight is 368 g/mol. The van der Waals surface area contributed by atoms with E-state index in [1.54, 1.807) is 49.4 Å². The first-order chi connectivity index (χ1) is 13.0. The van der Waals surface area contributed by atoms with Gasteiger partial charge in [0.2, 0.25) is 0 Å². The van der Waals surface area contributed by atoms with E-state index in [2.05, 4.69) is 10.6 Å². The molecule has 27 heavy (non-hydrogen) atoms. The lowest BCUT2D eigenvalue weighted by Gasteiger charge is -2.15. The van der Waals surface area contributed by atoms with E-state index < -0.39 is 17.8 Å². The summed E-state index contributed by atoms with van der Waals surface area (Å²) in [7, 11) is 0. The number of amides is 2. The molecule has 0 saturated carbocycles. The third kappa shape index (κ3) is 4.72. The van der Waals surface area contributed by atoms with Crippen molar-refractivity contribution in [2.75, 3.05) is 10.6 Å². The summed E-state index contributed by atoms with van der Waals surface area (Å²) in [5.41, 5.74) is 0.640. The van der Waals surface area contributed by atoms with Crippen molar-refractivity contribution in [3.8, 4) is 5.75 Å². The molecule has 0 aliphatic rings. The van der Waals surface area contributed by atoms with Crippen LogP contribution in [-0.4, -0.2) is 17.9 Å². The van der Waals surface area contributed by atoms with Gasteiger partial charge in [-0.1, -0.05) is 12.1 Å². The molecule has 138 valence electrons. The molecule has 0 radical (unpaired) electrons. The molecule has 1 heterocycles.